The van der Waals surface area contributed by atoms with Crippen molar-refractivity contribution in [3.05, 3.63) is 29.8 Å². The number of carbonyl (C=O) groups excluding carboxylic acids is 1. The fourth-order valence-electron chi connectivity index (χ4n) is 1.69. The lowest BCUT2D eigenvalue weighted by Gasteiger charge is -2.25. The van der Waals surface area contributed by atoms with Gasteiger partial charge in [0.1, 0.15) is 12.4 Å². The molecular formula is C13H20N2O3. The van der Waals surface area contributed by atoms with E-state index >= 15 is 0 Å². The number of ether oxygens (including phenoxy) is 1. The number of likely N-dealkylation sites (N-methyl/N-ethyl adjacent to an activating group) is 1. The molecule has 0 radical (unpaired) electrons. The highest BCUT2D eigenvalue weighted by Crippen LogP contribution is 2.20. The minimum Gasteiger partial charge on any atom is -0.497 e. The number of benzene rings is 1. The zero-order valence-corrected chi connectivity index (χ0v) is 11.0. The van der Waals surface area contributed by atoms with Gasteiger partial charge in [0.25, 0.3) is 0 Å². The van der Waals surface area contributed by atoms with E-state index in [4.69, 9.17) is 9.84 Å². The summed E-state index contributed by atoms with van der Waals surface area (Å²) in [5.41, 5.74) is 1.08. The number of aliphatic hydroxyl groups excluding tert-OH is 1. The van der Waals surface area contributed by atoms with Crippen molar-refractivity contribution in [1.82, 2.24) is 10.2 Å². The van der Waals surface area contributed by atoms with Crippen LogP contribution in [0.25, 0.3) is 0 Å². The summed E-state index contributed by atoms with van der Waals surface area (Å²) in [6.07, 6.45) is 0. The molecule has 1 aromatic rings. The van der Waals surface area contributed by atoms with E-state index < -0.39 is 6.61 Å². The number of hydrogen-bond acceptors (Lipinski definition) is 4. The summed E-state index contributed by atoms with van der Waals surface area (Å²) in [5, 5.41) is 11.4. The van der Waals surface area contributed by atoms with Gasteiger partial charge in [-0.2, -0.15) is 0 Å². The van der Waals surface area contributed by atoms with Gasteiger partial charge in [-0.1, -0.05) is 12.1 Å². The van der Waals surface area contributed by atoms with Crippen LogP contribution in [0.4, 0.5) is 0 Å². The van der Waals surface area contributed by atoms with Crippen LogP contribution in [-0.4, -0.2) is 50.3 Å². The first-order valence-electron chi connectivity index (χ1n) is 5.76. The van der Waals surface area contributed by atoms with Crippen LogP contribution < -0.4 is 10.1 Å². The molecule has 0 aliphatic heterocycles. The van der Waals surface area contributed by atoms with Crippen LogP contribution in [0.2, 0.25) is 0 Å². The second-order valence-corrected chi connectivity index (χ2v) is 4.21. The Kier molecular flexibility index (Phi) is 5.61. The van der Waals surface area contributed by atoms with Crippen molar-refractivity contribution in [2.75, 3.05) is 34.4 Å². The minimum absolute atomic E-state index is 0.0615. The molecule has 0 aliphatic rings. The second kappa shape index (κ2) is 6.98. The molecule has 1 unspecified atom stereocenters. The number of aliphatic hydroxyl groups is 1. The molecule has 1 atom stereocenters. The molecule has 0 saturated heterocycles. The van der Waals surface area contributed by atoms with Gasteiger partial charge in [0.15, 0.2) is 0 Å². The molecule has 1 amide bonds. The fourth-order valence-corrected chi connectivity index (χ4v) is 1.69. The lowest BCUT2D eigenvalue weighted by molar-refractivity contribution is -0.124. The van der Waals surface area contributed by atoms with Gasteiger partial charge in [-0.15, -0.1) is 0 Å². The molecule has 2 N–H and O–H groups in total. The molecule has 100 valence electrons. The third-order valence-corrected chi connectivity index (χ3v) is 2.76. The average molecular weight is 252 g/mol. The van der Waals surface area contributed by atoms with E-state index in [2.05, 4.69) is 5.32 Å². The molecule has 1 rings (SSSR count). The first-order chi connectivity index (χ1) is 8.58. The highest BCUT2D eigenvalue weighted by Gasteiger charge is 2.14. The van der Waals surface area contributed by atoms with Crippen molar-refractivity contribution in [3.8, 4) is 5.75 Å². The maximum Gasteiger partial charge on any atom is 0.245 e. The zero-order valence-electron chi connectivity index (χ0n) is 11.0. The number of methoxy groups -OCH3 is 1. The van der Waals surface area contributed by atoms with Gasteiger partial charge < -0.3 is 20.1 Å². The maximum absolute atomic E-state index is 11.1. The second-order valence-electron chi connectivity index (χ2n) is 4.21. The van der Waals surface area contributed by atoms with Crippen LogP contribution in [0.1, 0.15) is 11.6 Å². The molecule has 0 heterocycles. The maximum atomic E-state index is 11.1. The van der Waals surface area contributed by atoms with Gasteiger partial charge in [0, 0.05) is 6.54 Å². The van der Waals surface area contributed by atoms with Gasteiger partial charge in [0.2, 0.25) is 5.91 Å². The highest BCUT2D eigenvalue weighted by molar-refractivity contribution is 5.76. The largest absolute Gasteiger partial charge is 0.497 e. The fraction of sp³-hybridized carbons (Fsp3) is 0.462. The standard InChI is InChI=1S/C13H20N2O3/c1-15(2)12(8-14-13(17)9-16)10-4-6-11(18-3)7-5-10/h4-7,12,16H,8-9H2,1-3H3,(H,14,17). The Bertz CT molecular complexity index is 376. The van der Waals surface area contributed by atoms with Crippen molar-refractivity contribution in [2.24, 2.45) is 0 Å². The van der Waals surface area contributed by atoms with Crippen LogP contribution in [0.5, 0.6) is 5.75 Å². The van der Waals surface area contributed by atoms with Gasteiger partial charge in [-0.05, 0) is 31.8 Å². The number of carbonyl (C=O) groups is 1. The molecule has 5 heteroatoms. The Hall–Kier alpha value is -1.59. The Morgan fingerprint density at radius 3 is 2.44 bits per heavy atom. The van der Waals surface area contributed by atoms with E-state index in [9.17, 15) is 4.79 Å². The molecule has 0 bridgehead atoms. The highest BCUT2D eigenvalue weighted by atomic mass is 16.5. The van der Waals surface area contributed by atoms with E-state index in [1.165, 1.54) is 0 Å². The third-order valence-electron chi connectivity index (χ3n) is 2.76. The van der Waals surface area contributed by atoms with Crippen molar-refractivity contribution in [2.45, 2.75) is 6.04 Å². The zero-order chi connectivity index (χ0) is 13.5. The summed E-state index contributed by atoms with van der Waals surface area (Å²) >= 11 is 0. The van der Waals surface area contributed by atoms with Crippen molar-refractivity contribution in [1.29, 1.82) is 0 Å². The first-order valence-corrected chi connectivity index (χ1v) is 5.76. The number of nitrogens with one attached hydrogen (secondary N) is 1. The van der Waals surface area contributed by atoms with E-state index in [1.54, 1.807) is 7.11 Å². The molecule has 5 nitrogen and oxygen atoms in total. The van der Waals surface area contributed by atoms with Crippen LogP contribution in [0.3, 0.4) is 0 Å². The number of amides is 1. The van der Waals surface area contributed by atoms with Gasteiger partial charge in [-0.25, -0.2) is 0 Å². The molecule has 0 aliphatic carbocycles. The molecule has 0 spiro atoms. The summed E-state index contributed by atoms with van der Waals surface area (Å²) in [7, 11) is 5.51. The summed E-state index contributed by atoms with van der Waals surface area (Å²) < 4.78 is 5.11. The summed E-state index contributed by atoms with van der Waals surface area (Å²) in [5.74, 6) is 0.436. The van der Waals surface area contributed by atoms with Crippen LogP contribution in [0, 0.1) is 0 Å². The van der Waals surface area contributed by atoms with Crippen molar-refractivity contribution in [3.63, 3.8) is 0 Å². The normalized spacial score (nSPS) is 12.3. The van der Waals surface area contributed by atoms with Crippen LogP contribution >= 0.6 is 0 Å². The van der Waals surface area contributed by atoms with E-state index in [-0.39, 0.29) is 11.9 Å². The molecule has 0 saturated carbocycles. The molecule has 1 aromatic carbocycles. The van der Waals surface area contributed by atoms with Crippen LogP contribution in [0.15, 0.2) is 24.3 Å². The van der Waals surface area contributed by atoms with Crippen LogP contribution in [-0.2, 0) is 4.79 Å². The molecule has 0 fully saturated rings. The monoisotopic (exact) mass is 252 g/mol. The SMILES string of the molecule is COc1ccc(C(CNC(=O)CO)N(C)C)cc1. The molecular weight excluding hydrogens is 232 g/mol. The van der Waals surface area contributed by atoms with E-state index in [1.807, 2.05) is 43.3 Å². The lowest BCUT2D eigenvalue weighted by atomic mass is 10.1. The van der Waals surface area contributed by atoms with Gasteiger partial charge in [-0.3, -0.25) is 4.79 Å². The summed E-state index contributed by atoms with van der Waals surface area (Å²) in [6.45, 7) is -0.0263. The van der Waals surface area contributed by atoms with E-state index in [0.29, 0.717) is 6.54 Å². The smallest absolute Gasteiger partial charge is 0.245 e. The minimum atomic E-state index is -0.483. The average Bonchev–Trinajstić information content (AvgIpc) is 2.39. The Labute approximate surface area is 107 Å². The predicted octanol–water partition coefficient (Wildman–Crippen LogP) is 0.406. The quantitative estimate of drug-likeness (QED) is 0.769. The topological polar surface area (TPSA) is 61.8 Å². The first kappa shape index (κ1) is 14.5. The summed E-state index contributed by atoms with van der Waals surface area (Å²) in [6, 6.07) is 7.77. The van der Waals surface area contributed by atoms with E-state index in [0.717, 1.165) is 11.3 Å². The Morgan fingerprint density at radius 1 is 1.39 bits per heavy atom. The van der Waals surface area contributed by atoms with Crippen molar-refractivity contribution < 1.29 is 14.6 Å². The number of nitrogens with zero attached hydrogens (tertiary/aromatic N) is 1. The Morgan fingerprint density at radius 2 is 2.00 bits per heavy atom. The molecule has 0 aromatic heterocycles. The Balaban J connectivity index is 2.74. The number of rotatable bonds is 6. The predicted molar refractivity (Wildman–Crippen MR) is 69.5 cm³/mol. The van der Waals surface area contributed by atoms with Gasteiger partial charge in [0.05, 0.1) is 13.2 Å². The van der Waals surface area contributed by atoms with Gasteiger partial charge >= 0.3 is 0 Å². The summed E-state index contributed by atoms with van der Waals surface area (Å²) in [4.78, 5) is 13.1. The van der Waals surface area contributed by atoms with Crippen molar-refractivity contribution >= 4 is 5.91 Å². The third kappa shape index (κ3) is 4.01. The number of hydrogen-bond donors (Lipinski definition) is 2. The lowest BCUT2D eigenvalue weighted by Crippen LogP contribution is -2.35. The molecule has 18 heavy (non-hydrogen) atoms.